The molecule has 0 saturated heterocycles. The van der Waals surface area contributed by atoms with Crippen molar-refractivity contribution in [2.45, 2.75) is 17.9 Å². The molecule has 0 unspecified atom stereocenters. The summed E-state index contributed by atoms with van der Waals surface area (Å²) in [5.41, 5.74) is 1.01. The lowest BCUT2D eigenvalue weighted by molar-refractivity contribution is 0.399. The Morgan fingerprint density at radius 3 is 2.44 bits per heavy atom. The summed E-state index contributed by atoms with van der Waals surface area (Å²) in [6.45, 7) is 1.82. The first-order chi connectivity index (χ1) is 11.8. The molecule has 25 heavy (non-hydrogen) atoms. The molecule has 2 aromatic carbocycles. The molecule has 1 aromatic heterocycles. The zero-order chi connectivity index (χ0) is 18.2. The molecule has 0 saturated carbocycles. The number of H-pyrrole nitrogens is 1. The Labute approximate surface area is 154 Å². The summed E-state index contributed by atoms with van der Waals surface area (Å²) in [5.74, 6) is 0. The Bertz CT molecular complexity index is 1080. The van der Waals surface area contributed by atoms with Crippen LogP contribution in [0, 0.1) is 0 Å². The Balaban J connectivity index is 2.17. The quantitative estimate of drug-likeness (QED) is 0.699. The van der Waals surface area contributed by atoms with Crippen molar-refractivity contribution in [3.05, 3.63) is 75.0 Å². The van der Waals surface area contributed by atoms with Crippen molar-refractivity contribution in [3.8, 4) is 0 Å². The second-order valence-corrected chi connectivity index (χ2v) is 8.57. The highest BCUT2D eigenvalue weighted by Gasteiger charge is 2.29. The van der Waals surface area contributed by atoms with E-state index in [2.05, 4.69) is 20.9 Å². The third-order valence-electron chi connectivity index (χ3n) is 4.31. The molecular weight excluding hydrogens is 404 g/mol. The average Bonchev–Trinajstić information content (AvgIpc) is 2.63. The molecule has 0 fully saturated rings. The molecule has 1 heterocycles. The summed E-state index contributed by atoms with van der Waals surface area (Å²) >= 11 is 3.17. The number of hydrogen-bond acceptors (Lipinski definition) is 3. The van der Waals surface area contributed by atoms with Gasteiger partial charge in [0.2, 0.25) is 15.5 Å². The lowest BCUT2D eigenvalue weighted by Gasteiger charge is -2.25. The van der Waals surface area contributed by atoms with E-state index in [1.165, 1.54) is 23.6 Å². The standard InChI is InChI=1S/C18H17BrN2O3S/c1-12(13-7-4-3-5-8-13)21(2)25(23,24)16-10-6-9-15-17(16)18(22)14(19)11-20-15/h3-12H,1-2H3,(H,20,22)/t12-/m1/s1. The molecule has 3 aromatic rings. The lowest BCUT2D eigenvalue weighted by atomic mass is 10.1. The Hall–Kier alpha value is -1.96. The van der Waals surface area contributed by atoms with E-state index in [1.54, 1.807) is 12.1 Å². The molecular formula is C18H17BrN2O3S. The predicted molar refractivity (Wildman–Crippen MR) is 102 cm³/mol. The van der Waals surface area contributed by atoms with Crippen molar-refractivity contribution < 1.29 is 8.42 Å². The molecule has 1 atom stereocenters. The van der Waals surface area contributed by atoms with Gasteiger partial charge in [-0.3, -0.25) is 4.79 Å². The van der Waals surface area contributed by atoms with Crippen LogP contribution < -0.4 is 5.43 Å². The molecule has 0 aliphatic heterocycles. The van der Waals surface area contributed by atoms with Gasteiger partial charge in [-0.25, -0.2) is 8.42 Å². The minimum absolute atomic E-state index is 0.00201. The van der Waals surface area contributed by atoms with Gasteiger partial charge in [-0.2, -0.15) is 4.31 Å². The van der Waals surface area contributed by atoms with Gasteiger partial charge in [-0.1, -0.05) is 36.4 Å². The van der Waals surface area contributed by atoms with E-state index in [-0.39, 0.29) is 21.8 Å². The molecule has 0 bridgehead atoms. The molecule has 0 aliphatic carbocycles. The van der Waals surface area contributed by atoms with E-state index < -0.39 is 10.0 Å². The van der Waals surface area contributed by atoms with Crippen LogP contribution in [0.15, 0.2) is 68.9 Å². The molecule has 5 nitrogen and oxygen atoms in total. The zero-order valence-electron chi connectivity index (χ0n) is 13.7. The minimum atomic E-state index is -3.86. The van der Waals surface area contributed by atoms with Gasteiger partial charge in [0.1, 0.15) is 0 Å². The van der Waals surface area contributed by atoms with Gasteiger partial charge in [0, 0.05) is 19.3 Å². The van der Waals surface area contributed by atoms with Crippen LogP contribution in [0.3, 0.4) is 0 Å². The van der Waals surface area contributed by atoms with Crippen molar-refractivity contribution >= 4 is 36.9 Å². The topological polar surface area (TPSA) is 70.2 Å². The van der Waals surface area contributed by atoms with Gasteiger partial charge in [-0.05, 0) is 40.5 Å². The normalized spacial score (nSPS) is 13.3. The lowest BCUT2D eigenvalue weighted by Crippen LogP contribution is -2.30. The first kappa shape index (κ1) is 17.8. The van der Waals surface area contributed by atoms with E-state index in [9.17, 15) is 13.2 Å². The smallest absolute Gasteiger partial charge is 0.244 e. The van der Waals surface area contributed by atoms with Crippen molar-refractivity contribution in [2.75, 3.05) is 7.05 Å². The van der Waals surface area contributed by atoms with Gasteiger partial charge < -0.3 is 4.98 Å². The van der Waals surface area contributed by atoms with Crippen molar-refractivity contribution in [1.29, 1.82) is 0 Å². The number of benzene rings is 2. The largest absolute Gasteiger partial charge is 0.360 e. The van der Waals surface area contributed by atoms with E-state index in [0.717, 1.165) is 5.56 Å². The predicted octanol–water partition coefficient (Wildman–Crippen LogP) is 3.67. The highest BCUT2D eigenvalue weighted by atomic mass is 79.9. The fourth-order valence-corrected chi connectivity index (χ4v) is 4.60. The maximum atomic E-state index is 13.2. The number of nitrogens with one attached hydrogen (secondary N) is 1. The second-order valence-electron chi connectivity index (χ2n) is 5.75. The SMILES string of the molecule is C[C@H](c1ccccc1)N(C)S(=O)(=O)c1cccc2[nH]cc(Br)c(=O)c12. The van der Waals surface area contributed by atoms with Crippen molar-refractivity contribution in [2.24, 2.45) is 0 Å². The van der Waals surface area contributed by atoms with Crippen LogP contribution in [0.1, 0.15) is 18.5 Å². The molecule has 0 spiro atoms. The fourth-order valence-electron chi connectivity index (χ4n) is 2.73. The van der Waals surface area contributed by atoms with Crippen LogP contribution in [0.4, 0.5) is 0 Å². The van der Waals surface area contributed by atoms with Crippen LogP contribution in [0.25, 0.3) is 10.9 Å². The first-order valence-corrected chi connectivity index (χ1v) is 9.90. The first-order valence-electron chi connectivity index (χ1n) is 7.67. The zero-order valence-corrected chi connectivity index (χ0v) is 16.1. The number of hydrogen-bond donors (Lipinski definition) is 1. The molecule has 130 valence electrons. The monoisotopic (exact) mass is 420 g/mol. The maximum absolute atomic E-state index is 13.2. The molecule has 3 rings (SSSR count). The minimum Gasteiger partial charge on any atom is -0.360 e. The Morgan fingerprint density at radius 2 is 1.76 bits per heavy atom. The highest BCUT2D eigenvalue weighted by molar-refractivity contribution is 9.10. The average molecular weight is 421 g/mol. The third kappa shape index (κ3) is 3.15. The summed E-state index contributed by atoms with van der Waals surface area (Å²) in [6.07, 6.45) is 1.51. The maximum Gasteiger partial charge on any atom is 0.244 e. The van der Waals surface area contributed by atoms with Crippen LogP contribution in [0.5, 0.6) is 0 Å². The van der Waals surface area contributed by atoms with Crippen LogP contribution in [0.2, 0.25) is 0 Å². The van der Waals surface area contributed by atoms with E-state index in [4.69, 9.17) is 0 Å². The van der Waals surface area contributed by atoms with Crippen molar-refractivity contribution in [1.82, 2.24) is 9.29 Å². The second kappa shape index (κ2) is 6.74. The summed E-state index contributed by atoms with van der Waals surface area (Å²) in [7, 11) is -2.33. The summed E-state index contributed by atoms with van der Waals surface area (Å²) < 4.78 is 27.9. The number of nitrogens with zero attached hydrogens (tertiary/aromatic N) is 1. The highest BCUT2D eigenvalue weighted by Crippen LogP contribution is 2.28. The number of sulfonamides is 1. The molecule has 1 N–H and O–H groups in total. The number of halogens is 1. The summed E-state index contributed by atoms with van der Waals surface area (Å²) in [6, 6.07) is 13.8. The Morgan fingerprint density at radius 1 is 1.08 bits per heavy atom. The number of rotatable bonds is 4. The third-order valence-corrected chi connectivity index (χ3v) is 6.87. The van der Waals surface area contributed by atoms with E-state index in [0.29, 0.717) is 9.99 Å². The molecule has 7 heteroatoms. The van der Waals surface area contributed by atoms with E-state index in [1.807, 2.05) is 37.3 Å². The number of pyridine rings is 1. The number of aromatic nitrogens is 1. The van der Waals surface area contributed by atoms with Crippen LogP contribution in [-0.2, 0) is 10.0 Å². The Kier molecular flexibility index (Phi) is 4.81. The van der Waals surface area contributed by atoms with Gasteiger partial charge in [0.25, 0.3) is 0 Å². The molecule has 0 amide bonds. The van der Waals surface area contributed by atoms with Gasteiger partial charge in [0.15, 0.2) is 0 Å². The van der Waals surface area contributed by atoms with Gasteiger partial charge in [-0.15, -0.1) is 0 Å². The van der Waals surface area contributed by atoms with Gasteiger partial charge >= 0.3 is 0 Å². The number of fused-ring (bicyclic) bond motifs is 1. The van der Waals surface area contributed by atoms with Crippen LogP contribution >= 0.6 is 15.9 Å². The van der Waals surface area contributed by atoms with Crippen LogP contribution in [-0.4, -0.2) is 24.8 Å². The molecule has 0 aliphatic rings. The summed E-state index contributed by atoms with van der Waals surface area (Å²) in [5, 5.41) is 0.156. The molecule has 0 radical (unpaired) electrons. The number of aromatic amines is 1. The van der Waals surface area contributed by atoms with Gasteiger partial charge in [0.05, 0.1) is 20.3 Å². The van der Waals surface area contributed by atoms with E-state index >= 15 is 0 Å². The fraction of sp³-hybridized carbons (Fsp3) is 0.167. The summed E-state index contributed by atoms with van der Waals surface area (Å²) in [4.78, 5) is 15.4. The van der Waals surface area contributed by atoms with Crippen molar-refractivity contribution in [3.63, 3.8) is 0 Å².